The number of aromatic nitrogens is 1. The zero-order valence-electron chi connectivity index (χ0n) is 22.4. The van der Waals surface area contributed by atoms with E-state index in [4.69, 9.17) is 5.73 Å². The first-order valence-corrected chi connectivity index (χ1v) is 12.9. The number of halogens is 4. The number of hydrogen-bond donors (Lipinski definition) is 1. The van der Waals surface area contributed by atoms with Crippen LogP contribution in [0.25, 0.3) is 5.70 Å². The van der Waals surface area contributed by atoms with Gasteiger partial charge in [-0.2, -0.15) is 13.2 Å². The van der Waals surface area contributed by atoms with Crippen LogP contribution < -0.4 is 5.73 Å². The molecule has 2 N–H and O–H groups in total. The summed E-state index contributed by atoms with van der Waals surface area (Å²) >= 11 is 0. The molecule has 0 aliphatic carbocycles. The van der Waals surface area contributed by atoms with Gasteiger partial charge in [0.15, 0.2) is 0 Å². The van der Waals surface area contributed by atoms with E-state index in [0.29, 0.717) is 28.1 Å². The normalized spacial score (nSPS) is 13.8. The highest BCUT2D eigenvalue weighted by Gasteiger charge is 2.32. The molecule has 0 bridgehead atoms. The fraction of sp³-hybridized carbons (Fsp3) is 0.517. The summed E-state index contributed by atoms with van der Waals surface area (Å²) in [4.78, 5) is 8.43. The third kappa shape index (κ3) is 9.40. The highest BCUT2D eigenvalue weighted by molar-refractivity contribution is 6.16. The molecule has 7 heteroatoms. The number of unbranched alkanes of at least 4 members (excludes halogenated alkanes) is 3. The first-order valence-electron chi connectivity index (χ1n) is 12.9. The van der Waals surface area contributed by atoms with Crippen LogP contribution >= 0.6 is 0 Å². The molecule has 200 valence electrons. The third-order valence-electron chi connectivity index (χ3n) is 5.65. The topological polar surface area (TPSA) is 51.3 Å². The monoisotopic (exact) mass is 507 g/mol. The van der Waals surface area contributed by atoms with Crippen LogP contribution in [-0.2, 0) is 6.18 Å². The van der Waals surface area contributed by atoms with E-state index < -0.39 is 17.9 Å². The maximum atomic E-state index is 14.1. The van der Waals surface area contributed by atoms with Gasteiger partial charge in [0.2, 0.25) is 0 Å². The lowest BCUT2D eigenvalue weighted by atomic mass is 9.92. The van der Waals surface area contributed by atoms with Gasteiger partial charge in [-0.3, -0.25) is 9.98 Å². The lowest BCUT2D eigenvalue weighted by molar-refractivity contribution is -0.137. The van der Waals surface area contributed by atoms with E-state index in [9.17, 15) is 17.6 Å². The molecule has 1 aromatic carbocycles. The Bertz CT molecular complexity index is 992. The smallest absolute Gasteiger partial charge is 0.398 e. The fourth-order valence-electron chi connectivity index (χ4n) is 3.75. The number of hydrogen-bond acceptors (Lipinski definition) is 3. The van der Waals surface area contributed by atoms with Gasteiger partial charge in [-0.15, -0.1) is 0 Å². The fourth-order valence-corrected chi connectivity index (χ4v) is 3.75. The van der Waals surface area contributed by atoms with Crippen molar-refractivity contribution in [3.05, 3.63) is 70.6 Å². The lowest BCUT2D eigenvalue weighted by Crippen LogP contribution is -2.13. The molecule has 0 fully saturated rings. The maximum Gasteiger partial charge on any atom is 0.416 e. The van der Waals surface area contributed by atoms with E-state index in [1.807, 2.05) is 13.8 Å². The van der Waals surface area contributed by atoms with Gasteiger partial charge in [0.05, 0.1) is 17.8 Å². The predicted octanol–water partition coefficient (Wildman–Crippen LogP) is 8.92. The standard InChI is InChI=1S/C18H15F4N3.C9H20.C2H6/c1-10(19)14-8-11(18(20,21)22)2-3-12(14)17-13-4-6-24-9-15(13)16(23)5-7-25-17;1-4-5-6-7-8-9(2)3;1-2/h2-6,8-10H,7,23H2,1H3;9H,4-8H2,1-3H3;1-2H3. The molecule has 2 aromatic rings. The van der Waals surface area contributed by atoms with Crippen LogP contribution in [0, 0.1) is 5.92 Å². The molecule has 1 aromatic heterocycles. The number of fused-ring (bicyclic) bond motifs is 1. The summed E-state index contributed by atoms with van der Waals surface area (Å²) in [6.45, 7) is 12.3. The average molecular weight is 508 g/mol. The SMILES string of the molecule is CC.CC(F)c1cc(C(F)(F)F)ccc1C1=NCC=C(N)c2cnccc21.CCCCCCC(C)C. The molecule has 1 unspecified atom stereocenters. The van der Waals surface area contributed by atoms with Gasteiger partial charge in [0.25, 0.3) is 0 Å². The highest BCUT2D eigenvalue weighted by Crippen LogP contribution is 2.34. The Morgan fingerprint density at radius 2 is 1.67 bits per heavy atom. The first-order chi connectivity index (χ1) is 17.1. The third-order valence-corrected chi connectivity index (χ3v) is 5.65. The summed E-state index contributed by atoms with van der Waals surface area (Å²) in [5.41, 5.74) is 7.47. The largest absolute Gasteiger partial charge is 0.416 e. The molecule has 3 nitrogen and oxygen atoms in total. The second kappa shape index (κ2) is 15.4. The van der Waals surface area contributed by atoms with E-state index in [2.05, 4.69) is 30.7 Å². The van der Waals surface area contributed by atoms with Gasteiger partial charge in [-0.25, -0.2) is 4.39 Å². The Labute approximate surface area is 213 Å². The molecule has 0 radical (unpaired) electrons. The molecule has 1 aliphatic heterocycles. The van der Waals surface area contributed by atoms with Crippen LogP contribution in [0.5, 0.6) is 0 Å². The van der Waals surface area contributed by atoms with Crippen molar-refractivity contribution in [3.63, 3.8) is 0 Å². The van der Waals surface area contributed by atoms with E-state index in [1.54, 1.807) is 18.3 Å². The van der Waals surface area contributed by atoms with Gasteiger partial charge in [-0.05, 0) is 42.7 Å². The Hall–Kier alpha value is -2.70. The van der Waals surface area contributed by atoms with Crippen molar-refractivity contribution in [2.24, 2.45) is 16.6 Å². The van der Waals surface area contributed by atoms with E-state index in [0.717, 1.165) is 18.1 Å². The molecule has 0 saturated heterocycles. The van der Waals surface area contributed by atoms with Crippen LogP contribution in [0.3, 0.4) is 0 Å². The lowest BCUT2D eigenvalue weighted by Gasteiger charge is -2.17. The predicted molar refractivity (Wildman–Crippen MR) is 143 cm³/mol. The van der Waals surface area contributed by atoms with E-state index in [-0.39, 0.29) is 12.1 Å². The van der Waals surface area contributed by atoms with Crippen molar-refractivity contribution in [3.8, 4) is 0 Å². The van der Waals surface area contributed by atoms with Crippen LogP contribution in [0.4, 0.5) is 17.6 Å². The summed E-state index contributed by atoms with van der Waals surface area (Å²) < 4.78 is 53.0. The molecule has 2 heterocycles. The first kappa shape index (κ1) is 31.3. The molecule has 0 amide bonds. The number of nitrogens with two attached hydrogens (primary N) is 1. The number of aliphatic imine (C=N–C) groups is 1. The van der Waals surface area contributed by atoms with Crippen LogP contribution in [-0.4, -0.2) is 17.2 Å². The molecular weight excluding hydrogens is 466 g/mol. The van der Waals surface area contributed by atoms with E-state index >= 15 is 0 Å². The minimum absolute atomic E-state index is 0.0585. The van der Waals surface area contributed by atoms with Crippen molar-refractivity contribution in [1.29, 1.82) is 0 Å². The molecule has 0 spiro atoms. The van der Waals surface area contributed by atoms with Crippen LogP contribution in [0.2, 0.25) is 0 Å². The summed E-state index contributed by atoms with van der Waals surface area (Å²) in [5.74, 6) is 0.904. The number of alkyl halides is 4. The minimum Gasteiger partial charge on any atom is -0.398 e. The summed E-state index contributed by atoms with van der Waals surface area (Å²) in [6, 6.07) is 4.71. The number of pyridine rings is 1. The van der Waals surface area contributed by atoms with Gasteiger partial charge >= 0.3 is 6.18 Å². The van der Waals surface area contributed by atoms with Crippen LogP contribution in [0.1, 0.15) is 108 Å². The Kier molecular flexibility index (Phi) is 13.4. The van der Waals surface area contributed by atoms with Crippen LogP contribution in [0.15, 0.2) is 47.7 Å². The molecule has 36 heavy (non-hydrogen) atoms. The quantitative estimate of drug-likeness (QED) is 0.300. The number of nitrogens with zero attached hydrogens (tertiary/aromatic N) is 2. The van der Waals surface area contributed by atoms with Crippen molar-refractivity contribution >= 4 is 11.4 Å². The van der Waals surface area contributed by atoms with Crippen molar-refractivity contribution in [2.75, 3.05) is 6.54 Å². The maximum absolute atomic E-state index is 14.1. The van der Waals surface area contributed by atoms with Crippen molar-refractivity contribution < 1.29 is 17.6 Å². The summed E-state index contributed by atoms with van der Waals surface area (Å²) in [7, 11) is 0. The molecule has 3 rings (SSSR count). The van der Waals surface area contributed by atoms with Crippen molar-refractivity contribution in [2.45, 2.75) is 86.0 Å². The van der Waals surface area contributed by atoms with Gasteiger partial charge in [0.1, 0.15) is 6.17 Å². The molecular formula is C29H41F4N3. The second-order valence-corrected chi connectivity index (χ2v) is 8.93. The zero-order valence-corrected chi connectivity index (χ0v) is 22.4. The Morgan fingerprint density at radius 1 is 0.972 bits per heavy atom. The Morgan fingerprint density at radius 3 is 2.25 bits per heavy atom. The minimum atomic E-state index is -4.54. The highest BCUT2D eigenvalue weighted by atomic mass is 19.4. The zero-order chi connectivity index (χ0) is 27.3. The molecule has 1 atom stereocenters. The summed E-state index contributed by atoms with van der Waals surface area (Å²) in [6.07, 6.45) is 5.74. The van der Waals surface area contributed by atoms with Gasteiger partial charge in [-0.1, -0.05) is 72.8 Å². The summed E-state index contributed by atoms with van der Waals surface area (Å²) in [5, 5.41) is 0. The number of benzene rings is 1. The van der Waals surface area contributed by atoms with Gasteiger partial charge < -0.3 is 5.73 Å². The van der Waals surface area contributed by atoms with Gasteiger partial charge in [0, 0.05) is 34.8 Å². The molecule has 1 aliphatic rings. The molecule has 0 saturated carbocycles. The van der Waals surface area contributed by atoms with E-state index in [1.165, 1.54) is 51.3 Å². The number of rotatable bonds is 7. The van der Waals surface area contributed by atoms with Crippen molar-refractivity contribution in [1.82, 2.24) is 4.98 Å². The average Bonchev–Trinajstić information content (AvgIpc) is 3.01. The Balaban J connectivity index is 0.000000500. The second-order valence-electron chi connectivity index (χ2n) is 8.93.